The van der Waals surface area contributed by atoms with E-state index in [0.29, 0.717) is 13.1 Å². The maximum Gasteiger partial charge on any atom is 0.226 e. The second kappa shape index (κ2) is 7.21. The zero-order valence-electron chi connectivity index (χ0n) is 14.8. The molecule has 0 aliphatic carbocycles. The van der Waals surface area contributed by atoms with Crippen LogP contribution in [0.4, 0.5) is 0 Å². The van der Waals surface area contributed by atoms with Gasteiger partial charge in [-0.05, 0) is 24.9 Å². The molecule has 2 fully saturated rings. The van der Waals surface area contributed by atoms with Crippen LogP contribution in [-0.2, 0) is 11.3 Å². The van der Waals surface area contributed by atoms with E-state index in [2.05, 4.69) is 34.1 Å². The molecule has 3 rings (SSSR count). The first-order chi connectivity index (χ1) is 11.5. The average Bonchev–Trinajstić information content (AvgIpc) is 3.15. The number of likely N-dealkylation sites (tertiary alicyclic amines) is 2. The number of rotatable bonds is 5. The SMILES string of the molecule is CN(C)C(=O)C1CCN(CC2(O)CCN(Cc3ccccc3)C2)C1. The monoisotopic (exact) mass is 331 g/mol. The predicted octanol–water partition coefficient (Wildman–Crippen LogP) is 1.03. The van der Waals surface area contributed by atoms with E-state index in [-0.39, 0.29) is 11.8 Å². The first-order valence-corrected chi connectivity index (χ1v) is 8.87. The zero-order chi connectivity index (χ0) is 17.2. The van der Waals surface area contributed by atoms with Gasteiger partial charge in [-0.2, -0.15) is 0 Å². The second-order valence-corrected chi connectivity index (χ2v) is 7.62. The Balaban J connectivity index is 1.50. The third-order valence-corrected chi connectivity index (χ3v) is 5.24. The van der Waals surface area contributed by atoms with E-state index in [4.69, 9.17) is 0 Å². The Kier molecular flexibility index (Phi) is 5.23. The minimum atomic E-state index is -0.648. The van der Waals surface area contributed by atoms with Crippen molar-refractivity contribution in [2.75, 3.05) is 46.8 Å². The number of hydrogen-bond acceptors (Lipinski definition) is 4. The molecule has 24 heavy (non-hydrogen) atoms. The van der Waals surface area contributed by atoms with E-state index in [9.17, 15) is 9.90 Å². The summed E-state index contributed by atoms with van der Waals surface area (Å²) in [5, 5.41) is 11.0. The van der Waals surface area contributed by atoms with Crippen LogP contribution in [0.1, 0.15) is 18.4 Å². The fraction of sp³-hybridized carbons (Fsp3) is 0.632. The summed E-state index contributed by atoms with van der Waals surface area (Å²) < 4.78 is 0. The highest BCUT2D eigenvalue weighted by Crippen LogP contribution is 2.27. The van der Waals surface area contributed by atoms with Crippen molar-refractivity contribution in [3.63, 3.8) is 0 Å². The summed E-state index contributed by atoms with van der Waals surface area (Å²) >= 11 is 0. The molecule has 0 radical (unpaired) electrons. The number of benzene rings is 1. The van der Waals surface area contributed by atoms with Crippen LogP contribution < -0.4 is 0 Å². The molecule has 2 aliphatic heterocycles. The van der Waals surface area contributed by atoms with Gasteiger partial charge >= 0.3 is 0 Å². The summed E-state index contributed by atoms with van der Waals surface area (Å²) in [5.74, 6) is 0.298. The van der Waals surface area contributed by atoms with E-state index in [1.807, 2.05) is 20.2 Å². The fourth-order valence-corrected chi connectivity index (χ4v) is 4.01. The third kappa shape index (κ3) is 4.15. The summed E-state index contributed by atoms with van der Waals surface area (Å²) in [7, 11) is 3.63. The van der Waals surface area contributed by atoms with Crippen LogP contribution in [0.25, 0.3) is 0 Å². The normalized spacial score (nSPS) is 28.4. The van der Waals surface area contributed by atoms with Gasteiger partial charge in [0.1, 0.15) is 0 Å². The molecule has 0 saturated carbocycles. The van der Waals surface area contributed by atoms with Gasteiger partial charge < -0.3 is 10.0 Å². The van der Waals surface area contributed by atoms with Gasteiger partial charge in [0, 0.05) is 46.8 Å². The van der Waals surface area contributed by atoms with Gasteiger partial charge in [-0.25, -0.2) is 0 Å². The lowest BCUT2D eigenvalue weighted by Crippen LogP contribution is -2.44. The minimum absolute atomic E-state index is 0.0884. The fourth-order valence-electron chi connectivity index (χ4n) is 4.01. The highest BCUT2D eigenvalue weighted by atomic mass is 16.3. The molecule has 1 aromatic rings. The predicted molar refractivity (Wildman–Crippen MR) is 94.5 cm³/mol. The molecule has 1 amide bonds. The van der Waals surface area contributed by atoms with Crippen molar-refractivity contribution in [2.24, 2.45) is 5.92 Å². The van der Waals surface area contributed by atoms with E-state index in [1.165, 1.54) is 5.56 Å². The van der Waals surface area contributed by atoms with Gasteiger partial charge in [-0.1, -0.05) is 30.3 Å². The summed E-state index contributed by atoms with van der Waals surface area (Å²) in [4.78, 5) is 18.4. The maximum absolute atomic E-state index is 12.1. The van der Waals surface area contributed by atoms with Crippen LogP contribution in [0.5, 0.6) is 0 Å². The van der Waals surface area contributed by atoms with E-state index in [0.717, 1.165) is 39.0 Å². The quantitative estimate of drug-likeness (QED) is 0.876. The van der Waals surface area contributed by atoms with Crippen LogP contribution >= 0.6 is 0 Å². The molecule has 2 aliphatic rings. The highest BCUT2D eigenvalue weighted by Gasteiger charge is 2.40. The second-order valence-electron chi connectivity index (χ2n) is 7.62. The van der Waals surface area contributed by atoms with Crippen LogP contribution in [0.3, 0.4) is 0 Å². The largest absolute Gasteiger partial charge is 0.387 e. The molecule has 1 aromatic carbocycles. The summed E-state index contributed by atoms with van der Waals surface area (Å²) in [6.07, 6.45) is 1.71. The van der Waals surface area contributed by atoms with Gasteiger partial charge in [0.05, 0.1) is 11.5 Å². The van der Waals surface area contributed by atoms with Crippen LogP contribution in [0, 0.1) is 5.92 Å². The number of hydrogen-bond donors (Lipinski definition) is 1. The number of nitrogens with zero attached hydrogens (tertiary/aromatic N) is 3. The van der Waals surface area contributed by atoms with Crippen LogP contribution in [0.2, 0.25) is 0 Å². The molecular weight excluding hydrogens is 302 g/mol. The first-order valence-electron chi connectivity index (χ1n) is 8.87. The Morgan fingerprint density at radius 3 is 2.71 bits per heavy atom. The molecule has 2 heterocycles. The van der Waals surface area contributed by atoms with E-state index in [1.54, 1.807) is 4.90 Å². The Labute approximate surface area is 144 Å². The number of amides is 1. The zero-order valence-corrected chi connectivity index (χ0v) is 14.8. The highest BCUT2D eigenvalue weighted by molar-refractivity contribution is 5.78. The van der Waals surface area contributed by atoms with Gasteiger partial charge in [0.2, 0.25) is 5.91 Å². The molecule has 2 atom stereocenters. The standard InChI is InChI=1S/C19H29N3O2/c1-20(2)18(23)17-8-10-21(13-17)14-19(24)9-11-22(15-19)12-16-6-4-3-5-7-16/h3-7,17,24H,8-15H2,1-2H3. The summed E-state index contributed by atoms with van der Waals surface area (Å²) in [5.41, 5.74) is 0.643. The first kappa shape index (κ1) is 17.4. The maximum atomic E-state index is 12.1. The number of β-amino-alcohol motifs (C(OH)–C–C–N with tert-alkyl or cyclic N) is 1. The van der Waals surface area contributed by atoms with Gasteiger partial charge in [-0.3, -0.25) is 14.6 Å². The molecule has 5 nitrogen and oxygen atoms in total. The van der Waals surface area contributed by atoms with Gasteiger partial charge in [0.15, 0.2) is 0 Å². The Bertz CT molecular complexity index is 563. The lowest BCUT2D eigenvalue weighted by molar-refractivity contribution is -0.132. The van der Waals surface area contributed by atoms with Crippen LogP contribution in [0.15, 0.2) is 30.3 Å². The summed E-state index contributed by atoms with van der Waals surface area (Å²) in [6, 6.07) is 10.4. The molecule has 5 heteroatoms. The van der Waals surface area contributed by atoms with Crippen molar-refractivity contribution in [2.45, 2.75) is 25.0 Å². The third-order valence-electron chi connectivity index (χ3n) is 5.24. The van der Waals surface area contributed by atoms with Crippen molar-refractivity contribution >= 4 is 5.91 Å². The molecular formula is C19H29N3O2. The number of carbonyl (C=O) groups excluding carboxylic acids is 1. The van der Waals surface area contributed by atoms with Gasteiger partial charge in [0.25, 0.3) is 0 Å². The van der Waals surface area contributed by atoms with Crippen molar-refractivity contribution in [1.29, 1.82) is 0 Å². The molecule has 0 aromatic heterocycles. The molecule has 0 bridgehead atoms. The van der Waals surface area contributed by atoms with E-state index >= 15 is 0 Å². The van der Waals surface area contributed by atoms with Gasteiger partial charge in [-0.15, -0.1) is 0 Å². The Morgan fingerprint density at radius 2 is 2.00 bits per heavy atom. The van der Waals surface area contributed by atoms with Crippen molar-refractivity contribution in [3.8, 4) is 0 Å². The molecule has 0 spiro atoms. The van der Waals surface area contributed by atoms with Crippen molar-refractivity contribution in [3.05, 3.63) is 35.9 Å². The Morgan fingerprint density at radius 1 is 1.25 bits per heavy atom. The van der Waals surface area contributed by atoms with Crippen LogP contribution in [-0.4, -0.2) is 78.1 Å². The molecule has 2 unspecified atom stereocenters. The topological polar surface area (TPSA) is 47.0 Å². The molecule has 132 valence electrons. The minimum Gasteiger partial charge on any atom is -0.387 e. The lowest BCUT2D eigenvalue weighted by Gasteiger charge is -2.29. The summed E-state index contributed by atoms with van der Waals surface area (Å²) in [6.45, 7) is 4.90. The van der Waals surface area contributed by atoms with Crippen molar-refractivity contribution in [1.82, 2.24) is 14.7 Å². The molecule has 1 N–H and O–H groups in total. The average molecular weight is 331 g/mol. The number of carbonyl (C=O) groups is 1. The van der Waals surface area contributed by atoms with Crippen molar-refractivity contribution < 1.29 is 9.90 Å². The smallest absolute Gasteiger partial charge is 0.226 e. The van der Waals surface area contributed by atoms with E-state index < -0.39 is 5.60 Å². The number of aliphatic hydroxyl groups is 1. The Hall–Kier alpha value is -1.43. The lowest BCUT2D eigenvalue weighted by atomic mass is 10.0. The molecule has 2 saturated heterocycles.